The van der Waals surface area contributed by atoms with Gasteiger partial charge in [0.15, 0.2) is 0 Å². The standard InChI is InChI=1S/C11H22N2O/c1-8(2)7-13-11(14)10-5-3-4-9(10)6-12/h8-10H,3-7,12H2,1-2H3,(H,13,14). The monoisotopic (exact) mass is 198 g/mol. The zero-order valence-electron chi connectivity index (χ0n) is 9.25. The molecule has 1 amide bonds. The molecule has 1 fully saturated rings. The van der Waals surface area contributed by atoms with Gasteiger partial charge in [-0.15, -0.1) is 0 Å². The Morgan fingerprint density at radius 1 is 1.50 bits per heavy atom. The van der Waals surface area contributed by atoms with E-state index in [0.29, 0.717) is 18.4 Å². The first kappa shape index (κ1) is 11.5. The van der Waals surface area contributed by atoms with Crippen LogP contribution in [-0.2, 0) is 4.79 Å². The maximum absolute atomic E-state index is 11.8. The molecule has 3 N–H and O–H groups in total. The van der Waals surface area contributed by atoms with Crippen molar-refractivity contribution in [2.45, 2.75) is 33.1 Å². The number of hydrogen-bond donors (Lipinski definition) is 2. The van der Waals surface area contributed by atoms with Gasteiger partial charge < -0.3 is 11.1 Å². The Kier molecular flexibility index (Phi) is 4.39. The minimum atomic E-state index is 0.179. The largest absolute Gasteiger partial charge is 0.356 e. The Balaban J connectivity index is 2.35. The summed E-state index contributed by atoms with van der Waals surface area (Å²) < 4.78 is 0. The van der Waals surface area contributed by atoms with E-state index in [0.717, 1.165) is 25.8 Å². The van der Waals surface area contributed by atoms with Crippen LogP contribution in [0, 0.1) is 17.8 Å². The molecule has 0 bridgehead atoms. The number of amides is 1. The van der Waals surface area contributed by atoms with Crippen LogP contribution in [0.5, 0.6) is 0 Å². The Morgan fingerprint density at radius 3 is 2.79 bits per heavy atom. The summed E-state index contributed by atoms with van der Waals surface area (Å²) in [5, 5.41) is 2.99. The molecular weight excluding hydrogens is 176 g/mol. The molecule has 0 aliphatic heterocycles. The van der Waals surface area contributed by atoms with Crippen molar-refractivity contribution in [2.75, 3.05) is 13.1 Å². The van der Waals surface area contributed by atoms with Crippen LogP contribution in [0.15, 0.2) is 0 Å². The van der Waals surface area contributed by atoms with E-state index in [1.165, 1.54) is 0 Å². The second kappa shape index (κ2) is 5.35. The Labute approximate surface area is 86.4 Å². The van der Waals surface area contributed by atoms with Crippen molar-refractivity contribution < 1.29 is 4.79 Å². The molecule has 1 rings (SSSR count). The van der Waals surface area contributed by atoms with Gasteiger partial charge in [0.05, 0.1) is 0 Å². The highest BCUT2D eigenvalue weighted by Crippen LogP contribution is 2.30. The van der Waals surface area contributed by atoms with Crippen LogP contribution < -0.4 is 11.1 Å². The summed E-state index contributed by atoms with van der Waals surface area (Å²) in [5.74, 6) is 1.34. The van der Waals surface area contributed by atoms with Crippen molar-refractivity contribution in [3.05, 3.63) is 0 Å². The third-order valence-corrected chi connectivity index (χ3v) is 2.98. The predicted octanol–water partition coefficient (Wildman–Crippen LogP) is 1.13. The number of rotatable bonds is 4. The number of hydrogen-bond acceptors (Lipinski definition) is 2. The topological polar surface area (TPSA) is 55.1 Å². The quantitative estimate of drug-likeness (QED) is 0.711. The summed E-state index contributed by atoms with van der Waals surface area (Å²) in [6.07, 6.45) is 3.30. The highest BCUT2D eigenvalue weighted by atomic mass is 16.1. The van der Waals surface area contributed by atoms with E-state index in [9.17, 15) is 4.79 Å². The van der Waals surface area contributed by atoms with Gasteiger partial charge in [-0.1, -0.05) is 20.3 Å². The average molecular weight is 198 g/mol. The summed E-state index contributed by atoms with van der Waals surface area (Å²) in [4.78, 5) is 11.8. The molecule has 3 heteroatoms. The van der Waals surface area contributed by atoms with E-state index in [-0.39, 0.29) is 11.8 Å². The molecular formula is C11H22N2O. The molecule has 14 heavy (non-hydrogen) atoms. The lowest BCUT2D eigenvalue weighted by atomic mass is 9.95. The summed E-state index contributed by atoms with van der Waals surface area (Å²) in [6.45, 7) is 5.65. The van der Waals surface area contributed by atoms with Crippen LogP contribution in [0.4, 0.5) is 0 Å². The molecule has 2 atom stereocenters. The number of carbonyl (C=O) groups is 1. The molecule has 2 unspecified atom stereocenters. The zero-order valence-corrected chi connectivity index (χ0v) is 9.25. The highest BCUT2D eigenvalue weighted by molar-refractivity contribution is 5.79. The van der Waals surface area contributed by atoms with Crippen molar-refractivity contribution in [1.82, 2.24) is 5.32 Å². The van der Waals surface area contributed by atoms with Crippen LogP contribution in [0.2, 0.25) is 0 Å². The minimum absolute atomic E-state index is 0.179. The fraction of sp³-hybridized carbons (Fsp3) is 0.909. The first-order chi connectivity index (χ1) is 6.65. The third kappa shape index (κ3) is 2.98. The number of nitrogens with two attached hydrogens (primary N) is 1. The maximum Gasteiger partial charge on any atom is 0.223 e. The van der Waals surface area contributed by atoms with Gasteiger partial charge in [0.25, 0.3) is 0 Å². The van der Waals surface area contributed by atoms with E-state index < -0.39 is 0 Å². The average Bonchev–Trinajstić information content (AvgIpc) is 2.61. The molecule has 82 valence electrons. The van der Waals surface area contributed by atoms with E-state index in [1.54, 1.807) is 0 Å². The fourth-order valence-electron chi connectivity index (χ4n) is 2.10. The van der Waals surface area contributed by atoms with E-state index in [1.807, 2.05) is 0 Å². The fourth-order valence-corrected chi connectivity index (χ4v) is 2.10. The van der Waals surface area contributed by atoms with Crippen LogP contribution in [0.3, 0.4) is 0 Å². The van der Waals surface area contributed by atoms with Crippen LogP contribution in [-0.4, -0.2) is 19.0 Å². The molecule has 1 saturated carbocycles. The SMILES string of the molecule is CC(C)CNC(=O)C1CCCC1CN. The first-order valence-corrected chi connectivity index (χ1v) is 5.63. The van der Waals surface area contributed by atoms with Crippen molar-refractivity contribution in [2.24, 2.45) is 23.5 Å². The van der Waals surface area contributed by atoms with Crippen LogP contribution in [0.1, 0.15) is 33.1 Å². The van der Waals surface area contributed by atoms with Gasteiger partial charge in [-0.25, -0.2) is 0 Å². The molecule has 0 aromatic carbocycles. The predicted molar refractivity (Wildman–Crippen MR) is 57.7 cm³/mol. The van der Waals surface area contributed by atoms with Gasteiger partial charge in [-0.05, 0) is 31.2 Å². The smallest absolute Gasteiger partial charge is 0.223 e. The molecule has 0 aromatic rings. The van der Waals surface area contributed by atoms with Gasteiger partial charge >= 0.3 is 0 Å². The van der Waals surface area contributed by atoms with Gasteiger partial charge in [0.2, 0.25) is 5.91 Å². The second-order valence-electron chi connectivity index (χ2n) is 4.67. The molecule has 3 nitrogen and oxygen atoms in total. The molecule has 0 spiro atoms. The van der Waals surface area contributed by atoms with Crippen molar-refractivity contribution in [1.29, 1.82) is 0 Å². The lowest BCUT2D eigenvalue weighted by molar-refractivity contribution is -0.126. The summed E-state index contributed by atoms with van der Waals surface area (Å²) >= 11 is 0. The van der Waals surface area contributed by atoms with Gasteiger partial charge in [-0.2, -0.15) is 0 Å². The molecule has 0 aromatic heterocycles. The molecule has 0 radical (unpaired) electrons. The Bertz CT molecular complexity index is 192. The van der Waals surface area contributed by atoms with Crippen LogP contribution >= 0.6 is 0 Å². The van der Waals surface area contributed by atoms with E-state index in [2.05, 4.69) is 19.2 Å². The van der Waals surface area contributed by atoms with E-state index in [4.69, 9.17) is 5.73 Å². The Hall–Kier alpha value is -0.570. The normalized spacial score (nSPS) is 26.9. The van der Waals surface area contributed by atoms with Crippen LogP contribution in [0.25, 0.3) is 0 Å². The molecule has 0 heterocycles. The van der Waals surface area contributed by atoms with Crippen molar-refractivity contribution >= 4 is 5.91 Å². The number of carbonyl (C=O) groups excluding carboxylic acids is 1. The first-order valence-electron chi connectivity index (χ1n) is 5.63. The lowest BCUT2D eigenvalue weighted by Gasteiger charge is -2.18. The summed E-state index contributed by atoms with van der Waals surface area (Å²) in [6, 6.07) is 0. The maximum atomic E-state index is 11.8. The summed E-state index contributed by atoms with van der Waals surface area (Å²) in [7, 11) is 0. The highest BCUT2D eigenvalue weighted by Gasteiger charge is 2.31. The van der Waals surface area contributed by atoms with Crippen molar-refractivity contribution in [3.8, 4) is 0 Å². The minimum Gasteiger partial charge on any atom is -0.356 e. The number of nitrogens with one attached hydrogen (secondary N) is 1. The Morgan fingerprint density at radius 2 is 2.21 bits per heavy atom. The molecule has 1 aliphatic carbocycles. The molecule has 0 saturated heterocycles. The second-order valence-corrected chi connectivity index (χ2v) is 4.67. The lowest BCUT2D eigenvalue weighted by Crippen LogP contribution is -2.36. The van der Waals surface area contributed by atoms with Gasteiger partial charge in [0, 0.05) is 12.5 Å². The molecule has 1 aliphatic rings. The van der Waals surface area contributed by atoms with E-state index >= 15 is 0 Å². The van der Waals surface area contributed by atoms with Gasteiger partial charge in [0.1, 0.15) is 0 Å². The van der Waals surface area contributed by atoms with Crippen molar-refractivity contribution in [3.63, 3.8) is 0 Å². The summed E-state index contributed by atoms with van der Waals surface area (Å²) in [5.41, 5.74) is 5.64. The van der Waals surface area contributed by atoms with Gasteiger partial charge in [-0.3, -0.25) is 4.79 Å². The zero-order chi connectivity index (χ0) is 10.6. The third-order valence-electron chi connectivity index (χ3n) is 2.98.